The fourth-order valence-electron chi connectivity index (χ4n) is 2.25. The van der Waals surface area contributed by atoms with Crippen molar-refractivity contribution in [2.75, 3.05) is 6.61 Å². The third kappa shape index (κ3) is 5.64. The minimum absolute atomic E-state index is 0.118. The van der Waals surface area contributed by atoms with E-state index in [9.17, 15) is 4.79 Å². The maximum atomic E-state index is 11.0. The van der Waals surface area contributed by atoms with Gasteiger partial charge in [0.2, 0.25) is 0 Å². The first-order valence-corrected chi connectivity index (χ1v) is 7.59. The summed E-state index contributed by atoms with van der Waals surface area (Å²) in [5, 5.41) is 8.86. The zero-order valence-corrected chi connectivity index (χ0v) is 12.9. The lowest BCUT2D eigenvalue weighted by atomic mass is 10.0. The summed E-state index contributed by atoms with van der Waals surface area (Å²) in [6.45, 7) is 0.118. The molecule has 23 heavy (non-hydrogen) atoms. The minimum Gasteiger partial charge on any atom is -0.457 e. The highest BCUT2D eigenvalue weighted by Crippen LogP contribution is 2.27. The minimum atomic E-state index is -0.802. The molecule has 0 saturated heterocycles. The Kier molecular flexibility index (Phi) is 6.44. The molecule has 122 valence electrons. The Bertz CT molecular complexity index is 598. The highest BCUT2D eigenvalue weighted by Gasteiger charge is 2.15. The largest absolute Gasteiger partial charge is 0.457 e. The zero-order valence-electron chi connectivity index (χ0n) is 12.9. The molecule has 0 unspecified atom stereocenters. The second-order valence-corrected chi connectivity index (χ2v) is 5.13. The van der Waals surface area contributed by atoms with Crippen molar-refractivity contribution >= 4 is 6.09 Å². The van der Waals surface area contributed by atoms with E-state index in [2.05, 4.69) is 0 Å². The Hall–Kier alpha value is -2.53. The van der Waals surface area contributed by atoms with Gasteiger partial charge in [-0.3, -0.25) is 0 Å². The van der Waals surface area contributed by atoms with E-state index >= 15 is 0 Å². The first kappa shape index (κ1) is 16.8. The molecule has 0 saturated carbocycles. The van der Waals surface area contributed by atoms with E-state index in [0.29, 0.717) is 18.6 Å². The van der Waals surface area contributed by atoms with Crippen molar-refractivity contribution in [3.63, 3.8) is 0 Å². The predicted molar refractivity (Wildman–Crippen MR) is 87.3 cm³/mol. The average Bonchev–Trinajstić information content (AvgIpc) is 2.55. The van der Waals surface area contributed by atoms with Crippen LogP contribution in [0, 0.1) is 0 Å². The number of amides is 1. The molecule has 0 spiro atoms. The molecule has 2 rings (SSSR count). The average molecular weight is 315 g/mol. The van der Waals surface area contributed by atoms with Gasteiger partial charge in [-0.05, 0) is 49.1 Å². The van der Waals surface area contributed by atoms with Gasteiger partial charge in [-0.2, -0.15) is 0 Å². The summed E-state index contributed by atoms with van der Waals surface area (Å²) in [6, 6.07) is 16.8. The maximum Gasteiger partial charge on any atom is 0.405 e. The number of para-hydroxylation sites is 1. The zero-order chi connectivity index (χ0) is 16.5. The molecule has 1 atom stereocenters. The van der Waals surface area contributed by atoms with Gasteiger partial charge in [-0.15, -0.1) is 0 Å². The van der Waals surface area contributed by atoms with Gasteiger partial charge in [0.25, 0.3) is 0 Å². The van der Waals surface area contributed by atoms with Crippen LogP contribution >= 0.6 is 0 Å². The van der Waals surface area contributed by atoms with Gasteiger partial charge in [-0.25, -0.2) is 4.79 Å². The molecule has 0 fully saturated rings. The molecule has 3 N–H and O–H groups in total. The summed E-state index contributed by atoms with van der Waals surface area (Å²) >= 11 is 0. The first-order chi connectivity index (χ1) is 11.2. The van der Waals surface area contributed by atoms with Crippen LogP contribution < -0.4 is 10.5 Å². The SMILES string of the molecule is NC(=O)O[C@@H](CCCCO)c1ccc(Oc2ccccc2)cc1. The second-order valence-electron chi connectivity index (χ2n) is 5.13. The maximum absolute atomic E-state index is 11.0. The monoisotopic (exact) mass is 315 g/mol. The van der Waals surface area contributed by atoms with Crippen molar-refractivity contribution in [1.82, 2.24) is 0 Å². The summed E-state index contributed by atoms with van der Waals surface area (Å²) in [7, 11) is 0. The second kappa shape index (κ2) is 8.80. The third-order valence-electron chi connectivity index (χ3n) is 3.36. The van der Waals surface area contributed by atoms with Crippen LogP contribution in [0.5, 0.6) is 11.5 Å². The fraction of sp³-hybridized carbons (Fsp3) is 0.278. The molecular weight excluding hydrogens is 294 g/mol. The number of hydrogen-bond donors (Lipinski definition) is 2. The summed E-state index contributed by atoms with van der Waals surface area (Å²) in [5.41, 5.74) is 5.98. The standard InChI is InChI=1S/C18H21NO4/c19-18(21)23-17(8-4-5-13-20)14-9-11-16(12-10-14)22-15-6-2-1-3-7-15/h1-3,6-7,9-12,17,20H,4-5,8,13H2,(H2,19,21)/t17-/m0/s1. The van der Waals surface area contributed by atoms with Crippen molar-refractivity contribution in [3.8, 4) is 11.5 Å². The van der Waals surface area contributed by atoms with E-state index in [0.717, 1.165) is 17.7 Å². The van der Waals surface area contributed by atoms with Gasteiger partial charge in [0.1, 0.15) is 17.6 Å². The van der Waals surface area contributed by atoms with E-state index in [1.54, 1.807) is 0 Å². The van der Waals surface area contributed by atoms with E-state index in [1.807, 2.05) is 54.6 Å². The molecule has 0 heterocycles. The lowest BCUT2D eigenvalue weighted by Crippen LogP contribution is -2.17. The van der Waals surface area contributed by atoms with Crippen LogP contribution in [0.15, 0.2) is 54.6 Å². The number of carbonyl (C=O) groups excluding carboxylic acids is 1. The topological polar surface area (TPSA) is 81.8 Å². The quantitative estimate of drug-likeness (QED) is 0.726. The van der Waals surface area contributed by atoms with Crippen LogP contribution in [0.2, 0.25) is 0 Å². The van der Waals surface area contributed by atoms with Crippen molar-refractivity contribution < 1.29 is 19.4 Å². The molecule has 2 aromatic carbocycles. The molecule has 2 aromatic rings. The molecule has 1 amide bonds. The number of aliphatic hydroxyl groups excluding tert-OH is 1. The Morgan fingerprint density at radius 1 is 1.00 bits per heavy atom. The van der Waals surface area contributed by atoms with Crippen molar-refractivity contribution in [1.29, 1.82) is 0 Å². The van der Waals surface area contributed by atoms with Gasteiger partial charge in [-0.1, -0.05) is 30.3 Å². The number of rotatable bonds is 8. The molecule has 5 nitrogen and oxygen atoms in total. The van der Waals surface area contributed by atoms with E-state index in [4.69, 9.17) is 20.3 Å². The lowest BCUT2D eigenvalue weighted by molar-refractivity contribution is 0.0984. The molecule has 0 aliphatic rings. The Balaban J connectivity index is 2.03. The van der Waals surface area contributed by atoms with Crippen LogP contribution in [-0.4, -0.2) is 17.8 Å². The summed E-state index contributed by atoms with van der Waals surface area (Å²) in [4.78, 5) is 11.0. The molecule has 0 aliphatic carbocycles. The van der Waals surface area contributed by atoms with Crippen molar-refractivity contribution in [3.05, 3.63) is 60.2 Å². The van der Waals surface area contributed by atoms with Crippen LogP contribution in [0.1, 0.15) is 30.9 Å². The Morgan fingerprint density at radius 2 is 1.65 bits per heavy atom. The summed E-state index contributed by atoms with van der Waals surface area (Å²) in [6.07, 6.45) is 0.806. The van der Waals surface area contributed by atoms with Gasteiger partial charge >= 0.3 is 6.09 Å². The first-order valence-electron chi connectivity index (χ1n) is 7.59. The number of nitrogens with two attached hydrogens (primary N) is 1. The van der Waals surface area contributed by atoms with Crippen LogP contribution in [0.4, 0.5) is 4.79 Å². The van der Waals surface area contributed by atoms with Gasteiger partial charge in [0.15, 0.2) is 0 Å². The molecule has 0 aliphatic heterocycles. The van der Waals surface area contributed by atoms with Crippen LogP contribution in [-0.2, 0) is 4.74 Å². The predicted octanol–water partition coefficient (Wildman–Crippen LogP) is 3.78. The van der Waals surface area contributed by atoms with Gasteiger partial charge in [0.05, 0.1) is 0 Å². The van der Waals surface area contributed by atoms with Crippen molar-refractivity contribution in [2.45, 2.75) is 25.4 Å². The Morgan fingerprint density at radius 3 is 2.26 bits per heavy atom. The molecule has 0 radical (unpaired) electrons. The number of primary amides is 1. The number of carbonyl (C=O) groups is 1. The third-order valence-corrected chi connectivity index (χ3v) is 3.36. The highest BCUT2D eigenvalue weighted by molar-refractivity contribution is 5.65. The number of aliphatic hydroxyl groups is 1. The smallest absolute Gasteiger partial charge is 0.405 e. The fourth-order valence-corrected chi connectivity index (χ4v) is 2.25. The number of ether oxygens (including phenoxy) is 2. The Labute approximate surface area is 135 Å². The van der Waals surface area contributed by atoms with E-state index in [1.165, 1.54) is 0 Å². The number of hydrogen-bond acceptors (Lipinski definition) is 4. The summed E-state index contributed by atoms with van der Waals surface area (Å²) < 4.78 is 10.9. The van der Waals surface area contributed by atoms with E-state index < -0.39 is 12.2 Å². The van der Waals surface area contributed by atoms with Crippen LogP contribution in [0.25, 0.3) is 0 Å². The normalized spacial score (nSPS) is 11.7. The van der Waals surface area contributed by atoms with Gasteiger partial charge in [0, 0.05) is 6.61 Å². The molecule has 0 bridgehead atoms. The lowest BCUT2D eigenvalue weighted by Gasteiger charge is -2.17. The molecule has 0 aromatic heterocycles. The molecule has 5 heteroatoms. The molecular formula is C18H21NO4. The number of benzene rings is 2. The van der Waals surface area contributed by atoms with Crippen molar-refractivity contribution in [2.24, 2.45) is 5.73 Å². The highest BCUT2D eigenvalue weighted by atomic mass is 16.6. The number of unbranched alkanes of at least 4 members (excludes halogenated alkanes) is 1. The van der Waals surface area contributed by atoms with Gasteiger partial charge < -0.3 is 20.3 Å². The van der Waals surface area contributed by atoms with Crippen LogP contribution in [0.3, 0.4) is 0 Å². The van der Waals surface area contributed by atoms with E-state index in [-0.39, 0.29) is 6.61 Å². The summed E-state index contributed by atoms with van der Waals surface area (Å²) in [5.74, 6) is 1.46.